The fraction of sp³-hybridized carbons (Fsp3) is 1.00. The highest BCUT2D eigenvalue weighted by Crippen LogP contribution is 2.29. The Hall–Kier alpha value is -0.120. The zero-order chi connectivity index (χ0) is 11.5. The van der Waals surface area contributed by atoms with Crippen molar-refractivity contribution < 1.29 is 5.11 Å². The molecule has 1 saturated carbocycles. The Labute approximate surface area is 99.0 Å². The minimum atomic E-state index is -0.0600. The Balaban J connectivity index is 1.79. The number of nitrogens with two attached hydrogens (primary N) is 1. The summed E-state index contributed by atoms with van der Waals surface area (Å²) in [6, 6.07) is 0.406. The molecule has 0 aromatic carbocycles. The molecule has 3 unspecified atom stereocenters. The van der Waals surface area contributed by atoms with Crippen molar-refractivity contribution in [3.63, 3.8) is 0 Å². The third kappa shape index (κ3) is 3.19. The van der Waals surface area contributed by atoms with Crippen LogP contribution in [0.2, 0.25) is 0 Å². The van der Waals surface area contributed by atoms with E-state index in [0.29, 0.717) is 12.0 Å². The summed E-state index contributed by atoms with van der Waals surface area (Å²) in [5.41, 5.74) is 6.21. The second-order valence-corrected chi connectivity index (χ2v) is 5.87. The molecule has 1 aliphatic carbocycles. The van der Waals surface area contributed by atoms with E-state index in [1.807, 2.05) is 0 Å². The molecule has 3 N–H and O–H groups in total. The lowest BCUT2D eigenvalue weighted by Gasteiger charge is -2.38. The van der Waals surface area contributed by atoms with Gasteiger partial charge in [-0.15, -0.1) is 0 Å². The maximum absolute atomic E-state index is 9.48. The zero-order valence-corrected chi connectivity index (χ0v) is 10.4. The number of likely N-dealkylation sites (tertiary alicyclic amines) is 1. The van der Waals surface area contributed by atoms with Crippen LogP contribution in [0.1, 0.15) is 39.0 Å². The predicted octanol–water partition coefficient (Wildman–Crippen LogP) is 1.21. The van der Waals surface area contributed by atoms with E-state index in [1.54, 1.807) is 0 Å². The number of nitrogens with zero attached hydrogens (tertiary/aromatic N) is 1. The minimum absolute atomic E-state index is 0.0600. The highest BCUT2D eigenvalue weighted by molar-refractivity contribution is 4.84. The van der Waals surface area contributed by atoms with Crippen LogP contribution in [0.3, 0.4) is 0 Å². The van der Waals surface area contributed by atoms with E-state index in [-0.39, 0.29) is 6.10 Å². The van der Waals surface area contributed by atoms with E-state index >= 15 is 0 Å². The molecule has 94 valence electrons. The molecule has 0 radical (unpaired) electrons. The molecule has 0 aromatic heterocycles. The summed E-state index contributed by atoms with van der Waals surface area (Å²) in [6.45, 7) is 5.61. The van der Waals surface area contributed by atoms with Gasteiger partial charge >= 0.3 is 0 Å². The minimum Gasteiger partial charge on any atom is -0.393 e. The van der Waals surface area contributed by atoms with Crippen molar-refractivity contribution >= 4 is 0 Å². The molecule has 0 spiro atoms. The lowest BCUT2D eigenvalue weighted by Crippen LogP contribution is -2.45. The number of hydrogen-bond acceptors (Lipinski definition) is 3. The highest BCUT2D eigenvalue weighted by Gasteiger charge is 2.28. The molecule has 3 atom stereocenters. The van der Waals surface area contributed by atoms with Crippen molar-refractivity contribution in [3.8, 4) is 0 Å². The highest BCUT2D eigenvalue weighted by atomic mass is 16.3. The molecule has 3 nitrogen and oxygen atoms in total. The van der Waals surface area contributed by atoms with Gasteiger partial charge in [0.05, 0.1) is 6.10 Å². The zero-order valence-electron chi connectivity index (χ0n) is 10.4. The van der Waals surface area contributed by atoms with Gasteiger partial charge in [0.25, 0.3) is 0 Å². The Morgan fingerprint density at radius 3 is 2.56 bits per heavy atom. The molecule has 2 fully saturated rings. The number of rotatable bonds is 2. The van der Waals surface area contributed by atoms with Gasteiger partial charge in [-0.05, 0) is 43.9 Å². The summed E-state index contributed by atoms with van der Waals surface area (Å²) in [6.07, 6.45) is 5.61. The van der Waals surface area contributed by atoms with Crippen molar-refractivity contribution in [3.05, 3.63) is 0 Å². The fourth-order valence-corrected chi connectivity index (χ4v) is 3.17. The van der Waals surface area contributed by atoms with E-state index < -0.39 is 0 Å². The SMILES string of the molecule is CC1CCC(N)C(CN2CCC(O)CC2)C1. The molecule has 2 aliphatic rings. The van der Waals surface area contributed by atoms with Gasteiger partial charge in [0.1, 0.15) is 0 Å². The van der Waals surface area contributed by atoms with Crippen LogP contribution < -0.4 is 5.73 Å². The van der Waals surface area contributed by atoms with Crippen LogP contribution in [0.5, 0.6) is 0 Å². The van der Waals surface area contributed by atoms with Crippen molar-refractivity contribution in [1.82, 2.24) is 4.90 Å². The molecule has 0 bridgehead atoms. The number of aliphatic hydroxyl groups is 1. The van der Waals surface area contributed by atoms with Crippen molar-refractivity contribution in [2.24, 2.45) is 17.6 Å². The maximum atomic E-state index is 9.48. The first-order valence-corrected chi connectivity index (χ1v) is 6.81. The van der Waals surface area contributed by atoms with E-state index in [1.165, 1.54) is 19.3 Å². The second kappa shape index (κ2) is 5.48. The van der Waals surface area contributed by atoms with Crippen molar-refractivity contribution in [2.45, 2.75) is 51.2 Å². The Bertz CT molecular complexity index is 214. The molecule has 1 aliphatic heterocycles. The van der Waals surface area contributed by atoms with Gasteiger partial charge in [-0.1, -0.05) is 6.92 Å². The second-order valence-electron chi connectivity index (χ2n) is 5.87. The average Bonchev–Trinajstić information content (AvgIpc) is 2.27. The largest absolute Gasteiger partial charge is 0.393 e. The summed E-state index contributed by atoms with van der Waals surface area (Å²) >= 11 is 0. The van der Waals surface area contributed by atoms with Crippen LogP contribution in [-0.4, -0.2) is 41.8 Å². The van der Waals surface area contributed by atoms with Crippen LogP contribution in [0.25, 0.3) is 0 Å². The van der Waals surface area contributed by atoms with E-state index in [0.717, 1.165) is 38.4 Å². The van der Waals surface area contributed by atoms with Gasteiger partial charge in [0, 0.05) is 25.7 Å². The molecule has 16 heavy (non-hydrogen) atoms. The van der Waals surface area contributed by atoms with E-state index in [2.05, 4.69) is 11.8 Å². The first-order chi connectivity index (χ1) is 7.65. The summed E-state index contributed by atoms with van der Waals surface area (Å²) < 4.78 is 0. The summed E-state index contributed by atoms with van der Waals surface area (Å²) in [4.78, 5) is 2.50. The van der Waals surface area contributed by atoms with Crippen LogP contribution >= 0.6 is 0 Å². The number of piperidine rings is 1. The van der Waals surface area contributed by atoms with Gasteiger partial charge < -0.3 is 15.7 Å². The summed E-state index contributed by atoms with van der Waals surface area (Å²) in [5, 5.41) is 9.48. The van der Waals surface area contributed by atoms with Gasteiger partial charge in [0.15, 0.2) is 0 Å². The summed E-state index contributed by atoms with van der Waals surface area (Å²) in [7, 11) is 0. The topological polar surface area (TPSA) is 49.5 Å². The van der Waals surface area contributed by atoms with Crippen LogP contribution in [-0.2, 0) is 0 Å². The first-order valence-electron chi connectivity index (χ1n) is 6.81. The molecule has 2 rings (SSSR count). The lowest BCUT2D eigenvalue weighted by atomic mass is 9.79. The fourth-order valence-electron chi connectivity index (χ4n) is 3.17. The molecule has 1 saturated heterocycles. The quantitative estimate of drug-likeness (QED) is 0.744. The number of aliphatic hydroxyl groups excluding tert-OH is 1. The summed E-state index contributed by atoms with van der Waals surface area (Å²) in [5.74, 6) is 1.53. The van der Waals surface area contributed by atoms with Crippen LogP contribution in [0.15, 0.2) is 0 Å². The predicted molar refractivity (Wildman–Crippen MR) is 66.2 cm³/mol. The normalized spacial score (nSPS) is 38.8. The maximum Gasteiger partial charge on any atom is 0.0564 e. The molecule has 0 amide bonds. The standard InChI is InChI=1S/C13H26N2O/c1-10-2-3-13(14)11(8-10)9-15-6-4-12(16)5-7-15/h10-13,16H,2-9,14H2,1H3. The van der Waals surface area contributed by atoms with Crippen molar-refractivity contribution in [2.75, 3.05) is 19.6 Å². The molecular weight excluding hydrogens is 200 g/mol. The van der Waals surface area contributed by atoms with Gasteiger partial charge in [-0.25, -0.2) is 0 Å². The third-order valence-corrected chi connectivity index (χ3v) is 4.35. The molecule has 0 aromatic rings. The van der Waals surface area contributed by atoms with Gasteiger partial charge in [-0.2, -0.15) is 0 Å². The monoisotopic (exact) mass is 226 g/mol. The molecule has 3 heteroatoms. The van der Waals surface area contributed by atoms with Gasteiger partial charge in [-0.3, -0.25) is 0 Å². The van der Waals surface area contributed by atoms with E-state index in [4.69, 9.17) is 5.73 Å². The average molecular weight is 226 g/mol. The van der Waals surface area contributed by atoms with Crippen molar-refractivity contribution in [1.29, 1.82) is 0 Å². The van der Waals surface area contributed by atoms with Crippen LogP contribution in [0, 0.1) is 11.8 Å². The Morgan fingerprint density at radius 1 is 1.19 bits per heavy atom. The van der Waals surface area contributed by atoms with E-state index in [9.17, 15) is 5.11 Å². The molecule has 1 heterocycles. The smallest absolute Gasteiger partial charge is 0.0564 e. The van der Waals surface area contributed by atoms with Crippen LogP contribution in [0.4, 0.5) is 0 Å². The third-order valence-electron chi connectivity index (χ3n) is 4.35. The Kier molecular flexibility index (Phi) is 4.22. The Morgan fingerprint density at radius 2 is 1.88 bits per heavy atom. The lowest BCUT2D eigenvalue weighted by molar-refractivity contribution is 0.0651. The number of hydrogen-bond donors (Lipinski definition) is 2. The first kappa shape index (κ1) is 12.3. The van der Waals surface area contributed by atoms with Gasteiger partial charge in [0.2, 0.25) is 0 Å². The molecular formula is C13H26N2O.